The fourth-order valence-corrected chi connectivity index (χ4v) is 6.91. The summed E-state index contributed by atoms with van der Waals surface area (Å²) in [5, 5.41) is 6.98. The third kappa shape index (κ3) is 4.62. The first-order valence-corrected chi connectivity index (χ1v) is 14.7. The van der Waals surface area contributed by atoms with E-state index in [0.717, 1.165) is 23.3 Å². The zero-order chi connectivity index (χ0) is 33.6. The summed E-state index contributed by atoms with van der Waals surface area (Å²) in [6.45, 7) is 0. The molecule has 2 aliphatic carbocycles. The van der Waals surface area contributed by atoms with Crippen LogP contribution in [0, 0.1) is 11.6 Å². The zero-order valence-corrected chi connectivity index (χ0v) is 24.3. The van der Waals surface area contributed by atoms with E-state index in [2.05, 4.69) is 10.5 Å². The molecule has 8 rings (SSSR count). The van der Waals surface area contributed by atoms with Gasteiger partial charge in [-0.05, 0) is 53.6 Å². The minimum atomic E-state index is -5.10. The highest BCUT2D eigenvalue weighted by Crippen LogP contribution is 2.52. The Kier molecular flexibility index (Phi) is 6.47. The summed E-state index contributed by atoms with van der Waals surface area (Å²) in [5.41, 5.74) is -1.39. The van der Waals surface area contributed by atoms with Gasteiger partial charge < -0.3 is 9.84 Å². The summed E-state index contributed by atoms with van der Waals surface area (Å²) in [4.78, 5) is 9.89. The number of amidine groups is 1. The number of aliphatic imine (C=N–C) groups is 2. The van der Waals surface area contributed by atoms with Gasteiger partial charge in [-0.3, -0.25) is 4.99 Å². The van der Waals surface area contributed by atoms with Crippen molar-refractivity contribution in [2.24, 2.45) is 9.98 Å². The van der Waals surface area contributed by atoms with Crippen LogP contribution in [0.15, 0.2) is 105 Å². The molecule has 242 valence electrons. The van der Waals surface area contributed by atoms with Crippen LogP contribution in [0.2, 0.25) is 0 Å². The van der Waals surface area contributed by atoms with Gasteiger partial charge in [0, 0.05) is 29.5 Å². The van der Waals surface area contributed by atoms with E-state index in [0.29, 0.717) is 29.5 Å². The minimum absolute atomic E-state index is 0.0371. The second-order valence-electron chi connectivity index (χ2n) is 11.8. The van der Waals surface area contributed by atoms with E-state index in [-0.39, 0.29) is 28.9 Å². The maximum Gasteiger partial charge on any atom is 0.417 e. The Labute approximate surface area is 266 Å². The Hall–Kier alpha value is -5.33. The third-order valence-electron chi connectivity index (χ3n) is 9.04. The molecule has 2 aliphatic heterocycles. The maximum absolute atomic E-state index is 14.8. The molecule has 1 N–H and O–H groups in total. The molecule has 4 aromatic rings. The van der Waals surface area contributed by atoms with Crippen molar-refractivity contribution in [3.8, 4) is 11.3 Å². The van der Waals surface area contributed by atoms with E-state index in [1.807, 2.05) is 30.3 Å². The van der Waals surface area contributed by atoms with Crippen molar-refractivity contribution < 1.29 is 39.6 Å². The average molecular weight is 665 g/mol. The van der Waals surface area contributed by atoms with Crippen molar-refractivity contribution in [2.45, 2.75) is 36.3 Å². The molecule has 5 nitrogen and oxygen atoms in total. The number of hydrogen-bond donors (Lipinski definition) is 1. The summed E-state index contributed by atoms with van der Waals surface area (Å²) < 4.78 is 116. The lowest BCUT2D eigenvalue weighted by molar-refractivity contribution is -0.142. The van der Waals surface area contributed by atoms with Crippen LogP contribution in [-0.2, 0) is 12.4 Å². The number of benzene rings is 3. The Bertz CT molecular complexity index is 2170. The summed E-state index contributed by atoms with van der Waals surface area (Å²) in [6.07, 6.45) is -2.60. The highest BCUT2D eigenvalue weighted by Gasteiger charge is 2.53. The molecule has 0 bridgehead atoms. The monoisotopic (exact) mass is 664 g/mol. The Morgan fingerprint density at radius 3 is 2.48 bits per heavy atom. The predicted octanol–water partition coefficient (Wildman–Crippen LogP) is 8.75. The second-order valence-corrected chi connectivity index (χ2v) is 11.8. The van der Waals surface area contributed by atoms with Crippen LogP contribution in [0.4, 0.5) is 35.1 Å². The zero-order valence-electron chi connectivity index (χ0n) is 24.3. The number of alkyl halides is 6. The lowest BCUT2D eigenvalue weighted by Gasteiger charge is -2.27. The molecule has 0 fully saturated rings. The van der Waals surface area contributed by atoms with E-state index in [1.54, 1.807) is 18.2 Å². The Morgan fingerprint density at radius 2 is 1.69 bits per heavy atom. The van der Waals surface area contributed by atoms with E-state index in [9.17, 15) is 35.1 Å². The smallest absolute Gasteiger partial charge is 0.356 e. The largest absolute Gasteiger partial charge is 0.417 e. The molecular formula is C35H20F8N4O. The summed E-state index contributed by atoms with van der Waals surface area (Å²) in [6, 6.07) is 13.4. The fourth-order valence-electron chi connectivity index (χ4n) is 6.91. The molecule has 0 saturated carbocycles. The fraction of sp³-hybridized carbons (Fsp3) is 0.171. The molecule has 1 aromatic heterocycles. The average Bonchev–Trinajstić information content (AvgIpc) is 3.82. The van der Waals surface area contributed by atoms with Crippen LogP contribution >= 0.6 is 0 Å². The molecule has 0 saturated heterocycles. The maximum atomic E-state index is 14.8. The third-order valence-corrected chi connectivity index (χ3v) is 9.04. The van der Waals surface area contributed by atoms with Gasteiger partial charge in [-0.2, -0.15) is 26.3 Å². The number of nitrogens with zero attached hydrogens (tertiary/aromatic N) is 3. The molecule has 1 spiro atoms. The summed E-state index contributed by atoms with van der Waals surface area (Å²) >= 11 is 0. The molecular weight excluding hydrogens is 644 g/mol. The van der Waals surface area contributed by atoms with Gasteiger partial charge in [0.1, 0.15) is 17.1 Å². The predicted molar refractivity (Wildman–Crippen MR) is 161 cm³/mol. The van der Waals surface area contributed by atoms with E-state index in [1.165, 1.54) is 18.2 Å². The first-order chi connectivity index (χ1) is 22.8. The van der Waals surface area contributed by atoms with E-state index in [4.69, 9.17) is 14.5 Å². The van der Waals surface area contributed by atoms with Gasteiger partial charge in [-0.15, -0.1) is 0 Å². The highest BCUT2D eigenvalue weighted by atomic mass is 19.4. The van der Waals surface area contributed by atoms with Crippen molar-refractivity contribution in [1.29, 1.82) is 0 Å². The van der Waals surface area contributed by atoms with Gasteiger partial charge in [0.25, 0.3) is 0 Å². The lowest BCUT2D eigenvalue weighted by Crippen LogP contribution is -2.37. The summed E-state index contributed by atoms with van der Waals surface area (Å²) in [7, 11) is 0. The van der Waals surface area contributed by atoms with Crippen molar-refractivity contribution in [3.05, 3.63) is 136 Å². The first kappa shape index (κ1) is 30.0. The quantitative estimate of drug-likeness (QED) is 0.222. The molecule has 48 heavy (non-hydrogen) atoms. The number of allylic oxidation sites excluding steroid dienone is 2. The first-order valence-electron chi connectivity index (χ1n) is 14.7. The number of fused-ring (bicyclic) bond motifs is 1. The van der Waals surface area contributed by atoms with E-state index < -0.39 is 58.2 Å². The minimum Gasteiger partial charge on any atom is -0.356 e. The van der Waals surface area contributed by atoms with Crippen molar-refractivity contribution >= 4 is 23.2 Å². The topological polar surface area (TPSA) is 62.8 Å². The number of hydrogen-bond acceptors (Lipinski definition) is 5. The number of halogens is 8. The Balaban J connectivity index is 1.18. The summed E-state index contributed by atoms with van der Waals surface area (Å²) in [5.74, 6) is -2.28. The van der Waals surface area contributed by atoms with Gasteiger partial charge in [0.15, 0.2) is 17.4 Å². The molecule has 4 aliphatic rings. The van der Waals surface area contributed by atoms with Gasteiger partial charge in [0.05, 0.1) is 34.1 Å². The molecule has 3 aromatic carbocycles. The molecule has 0 amide bonds. The van der Waals surface area contributed by atoms with Crippen LogP contribution in [0.3, 0.4) is 0 Å². The van der Waals surface area contributed by atoms with Crippen LogP contribution in [0.1, 0.15) is 45.9 Å². The molecule has 3 unspecified atom stereocenters. The highest BCUT2D eigenvalue weighted by molar-refractivity contribution is 6.15. The molecule has 3 atom stereocenters. The Morgan fingerprint density at radius 1 is 0.875 bits per heavy atom. The van der Waals surface area contributed by atoms with Crippen molar-refractivity contribution in [3.63, 3.8) is 0 Å². The standard InChI is InChI=1S/C35H20F8N4O/c36-24-8-3-7-21(31(24)37)32-45-29-10-4-9-28-33(29,46-32)16-26(44-28)30-19-6-2-1-5-17(19)13-22(30)27-15-25(47-48-27)20-12-11-18(34(38,39)40)14-23(20)35(41,42)43/h1-15,26,30H,16H2,(H,45,46). The van der Waals surface area contributed by atoms with Gasteiger partial charge in [0.2, 0.25) is 0 Å². The van der Waals surface area contributed by atoms with Gasteiger partial charge in [-0.25, -0.2) is 13.8 Å². The number of rotatable bonds is 4. The number of nitrogens with one attached hydrogen (secondary N) is 1. The van der Waals surface area contributed by atoms with Gasteiger partial charge >= 0.3 is 12.4 Å². The van der Waals surface area contributed by atoms with Crippen molar-refractivity contribution in [1.82, 2.24) is 10.5 Å². The number of aromatic nitrogens is 1. The molecule has 13 heteroatoms. The van der Waals surface area contributed by atoms with Crippen LogP contribution in [0.25, 0.3) is 22.9 Å². The van der Waals surface area contributed by atoms with Crippen molar-refractivity contribution in [2.75, 3.05) is 0 Å². The van der Waals surface area contributed by atoms with E-state index >= 15 is 0 Å². The second kappa shape index (κ2) is 10.3. The normalized spacial score (nSPS) is 22.8. The van der Waals surface area contributed by atoms with Gasteiger partial charge in [-0.1, -0.05) is 47.6 Å². The van der Waals surface area contributed by atoms with Crippen LogP contribution in [0.5, 0.6) is 0 Å². The van der Waals surface area contributed by atoms with Crippen LogP contribution in [-0.4, -0.2) is 28.3 Å². The lowest BCUT2D eigenvalue weighted by atomic mass is 9.79. The molecule has 3 heterocycles. The molecule has 0 radical (unpaired) electrons. The SMILES string of the molecule is Fc1cccc(C2=NC34CC(C5C(c6cc(-c7ccc(C(F)(F)F)cc7C(F)(F)F)no6)=Cc6ccccc65)N=C3C=CC=C4N2)c1F. The van der Waals surface area contributed by atoms with Crippen LogP contribution < -0.4 is 5.32 Å².